The van der Waals surface area contributed by atoms with Gasteiger partial charge in [-0.25, -0.2) is 4.98 Å². The Morgan fingerprint density at radius 3 is 2.82 bits per heavy atom. The van der Waals surface area contributed by atoms with Crippen molar-refractivity contribution in [1.82, 2.24) is 9.97 Å². The van der Waals surface area contributed by atoms with Crippen molar-refractivity contribution < 1.29 is 0 Å². The van der Waals surface area contributed by atoms with E-state index in [9.17, 15) is 0 Å². The first-order valence-electron chi connectivity index (χ1n) is 6.39. The molecular formula is C14H21N3. The Bertz CT molecular complexity index is 485. The number of nitrogens with one attached hydrogen (secondary N) is 1. The maximum absolute atomic E-state index is 5.50. The third kappa shape index (κ3) is 2.86. The Labute approximate surface area is 102 Å². The largest absolute Gasteiger partial charge is 0.342 e. The summed E-state index contributed by atoms with van der Waals surface area (Å²) in [6.07, 6.45) is 3.36. The first-order valence-corrected chi connectivity index (χ1v) is 6.39. The van der Waals surface area contributed by atoms with E-state index in [1.54, 1.807) is 0 Å². The van der Waals surface area contributed by atoms with Gasteiger partial charge in [0, 0.05) is 5.92 Å². The second-order valence-corrected chi connectivity index (χ2v) is 4.87. The van der Waals surface area contributed by atoms with Crippen LogP contribution in [-0.2, 0) is 6.42 Å². The van der Waals surface area contributed by atoms with E-state index in [-0.39, 0.29) is 0 Å². The van der Waals surface area contributed by atoms with Crippen molar-refractivity contribution in [2.24, 2.45) is 5.73 Å². The van der Waals surface area contributed by atoms with Crippen LogP contribution in [0, 0.1) is 0 Å². The van der Waals surface area contributed by atoms with Crippen molar-refractivity contribution in [3.63, 3.8) is 0 Å². The number of hydrogen-bond acceptors (Lipinski definition) is 2. The van der Waals surface area contributed by atoms with E-state index in [2.05, 4.69) is 42.0 Å². The molecule has 2 rings (SSSR count). The molecule has 0 saturated heterocycles. The third-order valence-corrected chi connectivity index (χ3v) is 3.03. The highest BCUT2D eigenvalue weighted by Crippen LogP contribution is 2.19. The van der Waals surface area contributed by atoms with Crippen LogP contribution in [0.2, 0.25) is 0 Å². The van der Waals surface area contributed by atoms with Gasteiger partial charge in [0.15, 0.2) is 0 Å². The van der Waals surface area contributed by atoms with Gasteiger partial charge in [0.1, 0.15) is 5.82 Å². The molecule has 17 heavy (non-hydrogen) atoms. The predicted molar refractivity (Wildman–Crippen MR) is 72.2 cm³/mol. The first kappa shape index (κ1) is 12.1. The van der Waals surface area contributed by atoms with Crippen LogP contribution >= 0.6 is 0 Å². The highest BCUT2D eigenvalue weighted by Gasteiger charge is 2.06. The number of benzene rings is 1. The molecule has 0 spiro atoms. The zero-order chi connectivity index (χ0) is 12.3. The molecule has 1 aromatic heterocycles. The molecule has 0 aliphatic rings. The maximum atomic E-state index is 5.50. The van der Waals surface area contributed by atoms with E-state index >= 15 is 0 Å². The van der Waals surface area contributed by atoms with Crippen LogP contribution in [-0.4, -0.2) is 16.5 Å². The summed E-state index contributed by atoms with van der Waals surface area (Å²) in [6.45, 7) is 5.09. The van der Waals surface area contributed by atoms with Crippen molar-refractivity contribution in [1.29, 1.82) is 0 Å². The van der Waals surface area contributed by atoms with E-state index in [1.807, 2.05) is 0 Å². The third-order valence-electron chi connectivity index (χ3n) is 3.03. The number of rotatable bonds is 5. The van der Waals surface area contributed by atoms with E-state index in [1.165, 1.54) is 5.56 Å². The maximum Gasteiger partial charge on any atom is 0.109 e. The van der Waals surface area contributed by atoms with Crippen LogP contribution < -0.4 is 5.73 Å². The molecule has 0 aliphatic heterocycles. The molecule has 3 N–H and O–H groups in total. The summed E-state index contributed by atoms with van der Waals surface area (Å²) in [5.74, 6) is 1.52. The molecule has 0 bridgehead atoms. The molecule has 1 aromatic carbocycles. The van der Waals surface area contributed by atoms with Crippen LogP contribution in [0.3, 0.4) is 0 Å². The Morgan fingerprint density at radius 1 is 1.29 bits per heavy atom. The second-order valence-electron chi connectivity index (χ2n) is 4.87. The summed E-state index contributed by atoms with van der Waals surface area (Å²) in [4.78, 5) is 7.96. The van der Waals surface area contributed by atoms with Gasteiger partial charge in [0.2, 0.25) is 0 Å². The number of hydrogen-bond donors (Lipinski definition) is 2. The lowest BCUT2D eigenvalue weighted by Gasteiger charge is -2.00. The van der Waals surface area contributed by atoms with Gasteiger partial charge in [-0.2, -0.15) is 0 Å². The average molecular weight is 231 g/mol. The highest BCUT2D eigenvalue weighted by atomic mass is 14.9. The monoisotopic (exact) mass is 231 g/mol. The summed E-state index contributed by atoms with van der Waals surface area (Å²) in [7, 11) is 0. The first-order chi connectivity index (χ1) is 8.20. The number of nitrogens with zero attached hydrogens (tertiary/aromatic N) is 1. The van der Waals surface area contributed by atoms with E-state index in [0.29, 0.717) is 5.92 Å². The minimum Gasteiger partial charge on any atom is -0.342 e. The molecule has 0 unspecified atom stereocenters. The molecule has 3 nitrogen and oxygen atoms in total. The molecule has 0 fully saturated rings. The zero-order valence-corrected chi connectivity index (χ0v) is 10.7. The summed E-state index contributed by atoms with van der Waals surface area (Å²) in [5, 5.41) is 0. The fourth-order valence-electron chi connectivity index (χ4n) is 1.98. The average Bonchev–Trinajstić information content (AvgIpc) is 2.72. The van der Waals surface area contributed by atoms with Gasteiger partial charge < -0.3 is 10.7 Å². The normalized spacial score (nSPS) is 11.5. The molecule has 0 saturated carbocycles. The lowest BCUT2D eigenvalue weighted by atomic mass is 10.1. The van der Waals surface area contributed by atoms with E-state index in [0.717, 1.165) is 42.7 Å². The molecule has 1 heterocycles. The Balaban J connectivity index is 2.18. The molecule has 3 heteroatoms. The number of fused-ring (bicyclic) bond motifs is 1. The minimum atomic E-state index is 0.447. The smallest absolute Gasteiger partial charge is 0.109 e. The van der Waals surface area contributed by atoms with Gasteiger partial charge in [0.25, 0.3) is 0 Å². The molecule has 92 valence electrons. The van der Waals surface area contributed by atoms with Gasteiger partial charge in [-0.3, -0.25) is 0 Å². The van der Waals surface area contributed by atoms with Crippen molar-refractivity contribution in [3.05, 3.63) is 29.6 Å². The molecule has 0 aliphatic carbocycles. The molecule has 0 radical (unpaired) electrons. The summed E-state index contributed by atoms with van der Waals surface area (Å²) in [5.41, 5.74) is 9.09. The summed E-state index contributed by atoms with van der Waals surface area (Å²) >= 11 is 0. The highest BCUT2D eigenvalue weighted by molar-refractivity contribution is 5.76. The number of imidazole rings is 1. The number of nitrogens with two attached hydrogens (primary N) is 1. The lowest BCUT2D eigenvalue weighted by Crippen LogP contribution is -1.98. The molecule has 0 amide bonds. The van der Waals surface area contributed by atoms with Crippen LogP contribution in [0.1, 0.15) is 44.0 Å². The Morgan fingerprint density at radius 2 is 2.12 bits per heavy atom. The van der Waals surface area contributed by atoms with Crippen LogP contribution in [0.4, 0.5) is 0 Å². The van der Waals surface area contributed by atoms with Crippen LogP contribution in [0.15, 0.2) is 18.2 Å². The fraction of sp³-hybridized carbons (Fsp3) is 0.500. The van der Waals surface area contributed by atoms with E-state index in [4.69, 9.17) is 5.73 Å². The number of unbranched alkanes of at least 4 members (excludes halogenated alkanes) is 1. The quantitative estimate of drug-likeness (QED) is 0.777. The fourth-order valence-corrected chi connectivity index (χ4v) is 1.98. The summed E-state index contributed by atoms with van der Waals surface area (Å²) < 4.78 is 0. The lowest BCUT2D eigenvalue weighted by molar-refractivity contribution is 0.745. The Kier molecular flexibility index (Phi) is 3.79. The van der Waals surface area contributed by atoms with Gasteiger partial charge in [-0.1, -0.05) is 19.9 Å². The topological polar surface area (TPSA) is 54.7 Å². The number of aromatic amines is 1. The molecule has 0 atom stereocenters. The number of aromatic nitrogens is 2. The number of H-pyrrole nitrogens is 1. The zero-order valence-electron chi connectivity index (χ0n) is 10.7. The number of aryl methyl sites for hydroxylation is 1. The van der Waals surface area contributed by atoms with Crippen molar-refractivity contribution in [2.45, 2.75) is 39.0 Å². The predicted octanol–water partition coefficient (Wildman–Crippen LogP) is 2.97. The SMILES string of the molecule is CC(C)c1nc2ccc(CCCCN)cc2[nH]1. The van der Waals surface area contributed by atoms with Gasteiger partial charge in [-0.05, 0) is 43.5 Å². The van der Waals surface area contributed by atoms with Crippen molar-refractivity contribution >= 4 is 11.0 Å². The van der Waals surface area contributed by atoms with Gasteiger partial charge in [-0.15, -0.1) is 0 Å². The van der Waals surface area contributed by atoms with Crippen molar-refractivity contribution in [2.75, 3.05) is 6.54 Å². The Hall–Kier alpha value is -1.35. The molecule has 2 aromatic rings. The van der Waals surface area contributed by atoms with E-state index < -0.39 is 0 Å². The van der Waals surface area contributed by atoms with Gasteiger partial charge >= 0.3 is 0 Å². The van der Waals surface area contributed by atoms with Crippen molar-refractivity contribution in [3.8, 4) is 0 Å². The standard InChI is InChI=1S/C14H21N3/c1-10(2)14-16-12-7-6-11(5-3-4-8-15)9-13(12)17-14/h6-7,9-10H,3-5,8,15H2,1-2H3,(H,16,17). The second kappa shape index (κ2) is 5.32. The minimum absolute atomic E-state index is 0.447. The van der Waals surface area contributed by atoms with Gasteiger partial charge in [0.05, 0.1) is 11.0 Å². The molecular weight excluding hydrogens is 210 g/mol. The van der Waals surface area contributed by atoms with Crippen LogP contribution in [0.5, 0.6) is 0 Å². The summed E-state index contributed by atoms with van der Waals surface area (Å²) in [6, 6.07) is 6.49. The van der Waals surface area contributed by atoms with Crippen LogP contribution in [0.25, 0.3) is 11.0 Å².